The molecule has 1 N–H and O–H groups in total. The first-order valence-corrected chi connectivity index (χ1v) is 7.52. The van der Waals surface area contributed by atoms with Crippen LogP contribution in [0.2, 0.25) is 0 Å². The molecular formula is C14H18N2OS. The van der Waals surface area contributed by atoms with Gasteiger partial charge in [0.1, 0.15) is 10.7 Å². The van der Waals surface area contributed by atoms with Gasteiger partial charge in [0, 0.05) is 11.3 Å². The average Bonchev–Trinajstić information content (AvgIpc) is 2.59. The summed E-state index contributed by atoms with van der Waals surface area (Å²) in [7, 11) is 0. The van der Waals surface area contributed by atoms with Gasteiger partial charge in [-0.15, -0.1) is 11.3 Å². The number of nitrogens with zero attached hydrogens (tertiary/aromatic N) is 1. The molecule has 2 aromatic heterocycles. The van der Waals surface area contributed by atoms with Gasteiger partial charge in [0.2, 0.25) is 0 Å². The van der Waals surface area contributed by atoms with Crippen molar-refractivity contribution in [3.63, 3.8) is 0 Å². The van der Waals surface area contributed by atoms with E-state index >= 15 is 0 Å². The number of aromatic nitrogens is 2. The first-order valence-electron chi connectivity index (χ1n) is 6.70. The summed E-state index contributed by atoms with van der Waals surface area (Å²) in [5.74, 6) is 1.61. The number of rotatable bonds is 3. The Hall–Kier alpha value is -1.16. The Balaban J connectivity index is 2.07. The van der Waals surface area contributed by atoms with Crippen molar-refractivity contribution in [2.45, 2.75) is 46.0 Å². The molecule has 0 unspecified atom stereocenters. The minimum absolute atomic E-state index is 0.0514. The van der Waals surface area contributed by atoms with Gasteiger partial charge in [0.25, 0.3) is 5.56 Å². The van der Waals surface area contributed by atoms with Crippen LogP contribution < -0.4 is 5.56 Å². The highest BCUT2D eigenvalue weighted by Crippen LogP contribution is 2.30. The van der Waals surface area contributed by atoms with Gasteiger partial charge >= 0.3 is 0 Å². The van der Waals surface area contributed by atoms with E-state index in [0.717, 1.165) is 34.8 Å². The summed E-state index contributed by atoms with van der Waals surface area (Å²) in [6.07, 6.45) is 5.73. The fourth-order valence-electron chi connectivity index (χ4n) is 2.71. The summed E-state index contributed by atoms with van der Waals surface area (Å²) in [5.41, 5.74) is 1.22. The van der Waals surface area contributed by atoms with E-state index < -0.39 is 0 Å². The van der Waals surface area contributed by atoms with Crippen LogP contribution in [0, 0.1) is 12.8 Å². The van der Waals surface area contributed by atoms with E-state index in [-0.39, 0.29) is 5.56 Å². The Kier molecular flexibility index (Phi) is 2.98. The van der Waals surface area contributed by atoms with Gasteiger partial charge in [-0.05, 0) is 24.8 Å². The van der Waals surface area contributed by atoms with Crippen molar-refractivity contribution in [1.29, 1.82) is 0 Å². The normalized spacial score (nSPS) is 16.1. The van der Waals surface area contributed by atoms with Gasteiger partial charge in [-0.3, -0.25) is 4.79 Å². The van der Waals surface area contributed by atoms with E-state index in [9.17, 15) is 4.79 Å². The van der Waals surface area contributed by atoms with Crippen molar-refractivity contribution in [2.24, 2.45) is 5.92 Å². The second-order valence-corrected chi connectivity index (χ2v) is 6.39. The Morgan fingerprint density at radius 2 is 2.22 bits per heavy atom. The summed E-state index contributed by atoms with van der Waals surface area (Å²) in [5, 5.41) is 0.817. The zero-order valence-electron chi connectivity index (χ0n) is 10.9. The maximum absolute atomic E-state index is 12.2. The van der Waals surface area contributed by atoms with Crippen LogP contribution in [-0.2, 0) is 12.8 Å². The van der Waals surface area contributed by atoms with Gasteiger partial charge in [-0.1, -0.05) is 26.2 Å². The number of hydrogen-bond donors (Lipinski definition) is 1. The van der Waals surface area contributed by atoms with Crippen molar-refractivity contribution in [2.75, 3.05) is 0 Å². The van der Waals surface area contributed by atoms with Crippen LogP contribution in [0.4, 0.5) is 0 Å². The second kappa shape index (κ2) is 4.50. The molecule has 1 aliphatic carbocycles. The zero-order valence-corrected chi connectivity index (χ0v) is 11.7. The first kappa shape index (κ1) is 11.9. The standard InChI is InChI=1S/C14H18N2OS/c1-3-10-8(2)18-14-12(10)13(17)15-11(16-14)7-9-5-4-6-9/h9H,3-7H2,1-2H3,(H,15,16,17). The molecule has 4 heteroatoms. The Labute approximate surface area is 110 Å². The topological polar surface area (TPSA) is 45.8 Å². The summed E-state index contributed by atoms with van der Waals surface area (Å²) in [4.78, 5) is 22.0. The third-order valence-electron chi connectivity index (χ3n) is 3.97. The van der Waals surface area contributed by atoms with Crippen LogP contribution in [0.1, 0.15) is 42.5 Å². The zero-order chi connectivity index (χ0) is 12.7. The molecule has 18 heavy (non-hydrogen) atoms. The molecule has 1 fully saturated rings. The molecule has 0 atom stereocenters. The van der Waals surface area contributed by atoms with Gasteiger partial charge in [0.05, 0.1) is 5.39 Å². The van der Waals surface area contributed by atoms with Gasteiger partial charge in [-0.25, -0.2) is 4.98 Å². The molecule has 0 bridgehead atoms. The Morgan fingerprint density at radius 1 is 1.44 bits per heavy atom. The molecule has 1 saturated carbocycles. The Morgan fingerprint density at radius 3 is 2.83 bits per heavy atom. The number of aromatic amines is 1. The smallest absolute Gasteiger partial charge is 0.259 e. The molecule has 2 heterocycles. The molecular weight excluding hydrogens is 244 g/mol. The molecule has 3 rings (SSSR count). The lowest BCUT2D eigenvalue weighted by Crippen LogP contribution is -2.19. The minimum atomic E-state index is 0.0514. The fraction of sp³-hybridized carbons (Fsp3) is 0.571. The molecule has 0 aliphatic heterocycles. The quantitative estimate of drug-likeness (QED) is 0.923. The highest BCUT2D eigenvalue weighted by Gasteiger charge is 2.20. The third-order valence-corrected chi connectivity index (χ3v) is 5.01. The van der Waals surface area contributed by atoms with Crippen LogP contribution in [0.3, 0.4) is 0 Å². The second-order valence-electron chi connectivity index (χ2n) is 5.18. The maximum Gasteiger partial charge on any atom is 0.259 e. The highest BCUT2D eigenvalue weighted by atomic mass is 32.1. The predicted molar refractivity (Wildman–Crippen MR) is 75.4 cm³/mol. The summed E-state index contributed by atoms with van der Waals surface area (Å²) >= 11 is 1.65. The Bertz CT molecular complexity index is 637. The molecule has 0 aromatic carbocycles. The number of hydrogen-bond acceptors (Lipinski definition) is 3. The van der Waals surface area contributed by atoms with Gasteiger partial charge in [0.15, 0.2) is 0 Å². The molecule has 0 amide bonds. The van der Waals surface area contributed by atoms with Crippen molar-refractivity contribution in [3.05, 3.63) is 26.6 Å². The molecule has 3 nitrogen and oxygen atoms in total. The lowest BCUT2D eigenvalue weighted by Gasteiger charge is -2.24. The summed E-state index contributed by atoms with van der Waals surface area (Å²) < 4.78 is 0. The van der Waals surface area contributed by atoms with Crippen LogP contribution >= 0.6 is 11.3 Å². The van der Waals surface area contributed by atoms with Crippen molar-refractivity contribution < 1.29 is 0 Å². The van der Waals surface area contributed by atoms with Crippen molar-refractivity contribution in [1.82, 2.24) is 9.97 Å². The number of H-pyrrole nitrogens is 1. The number of fused-ring (bicyclic) bond motifs is 1. The van der Waals surface area contributed by atoms with E-state index in [0.29, 0.717) is 0 Å². The number of aryl methyl sites for hydroxylation is 2. The summed E-state index contributed by atoms with van der Waals surface area (Å²) in [6, 6.07) is 0. The van der Waals surface area contributed by atoms with E-state index in [1.807, 2.05) is 0 Å². The number of thiophene rings is 1. The van der Waals surface area contributed by atoms with Gasteiger partial charge in [-0.2, -0.15) is 0 Å². The summed E-state index contributed by atoms with van der Waals surface area (Å²) in [6.45, 7) is 4.17. The molecule has 2 aromatic rings. The maximum atomic E-state index is 12.2. The van der Waals surface area contributed by atoms with Crippen molar-refractivity contribution in [3.8, 4) is 0 Å². The lowest BCUT2D eigenvalue weighted by atomic mass is 9.83. The molecule has 96 valence electrons. The van der Waals surface area contributed by atoms with E-state index in [2.05, 4.69) is 23.8 Å². The SMILES string of the molecule is CCc1c(C)sc2nc(CC3CCC3)[nH]c(=O)c12. The largest absolute Gasteiger partial charge is 0.310 e. The lowest BCUT2D eigenvalue weighted by molar-refractivity contribution is 0.309. The van der Waals surface area contributed by atoms with E-state index in [1.54, 1.807) is 11.3 Å². The number of nitrogens with one attached hydrogen (secondary N) is 1. The minimum Gasteiger partial charge on any atom is -0.310 e. The third kappa shape index (κ3) is 1.88. The molecule has 0 saturated heterocycles. The average molecular weight is 262 g/mol. The predicted octanol–water partition coefficient (Wildman–Crippen LogP) is 3.20. The van der Waals surface area contributed by atoms with Crippen LogP contribution in [-0.4, -0.2) is 9.97 Å². The van der Waals surface area contributed by atoms with Gasteiger partial charge < -0.3 is 4.98 Å². The van der Waals surface area contributed by atoms with Crippen molar-refractivity contribution >= 4 is 21.6 Å². The van der Waals surface area contributed by atoms with Crippen LogP contribution in [0.5, 0.6) is 0 Å². The highest BCUT2D eigenvalue weighted by molar-refractivity contribution is 7.18. The first-order chi connectivity index (χ1) is 8.69. The van der Waals surface area contributed by atoms with E-state index in [4.69, 9.17) is 0 Å². The molecule has 0 radical (unpaired) electrons. The van der Waals surface area contributed by atoms with Crippen LogP contribution in [0.25, 0.3) is 10.2 Å². The monoisotopic (exact) mass is 262 g/mol. The fourth-order valence-corrected chi connectivity index (χ4v) is 3.85. The van der Waals surface area contributed by atoms with Crippen LogP contribution in [0.15, 0.2) is 4.79 Å². The molecule has 1 aliphatic rings. The molecule has 0 spiro atoms. The van der Waals surface area contributed by atoms with E-state index in [1.165, 1.54) is 29.7 Å².